The Balaban J connectivity index is 0.00000361. The molecular formula is C11H22AcBN2O2S-. The smallest absolute Gasteiger partial charge is 0.146 e. The second-order valence-corrected chi connectivity index (χ2v) is 5.10. The first-order valence-electron chi connectivity index (χ1n) is 7.16. The van der Waals surface area contributed by atoms with Gasteiger partial charge in [0, 0.05) is 44.1 Å². The van der Waals surface area contributed by atoms with Crippen molar-refractivity contribution in [3.8, 4) is 0 Å². The van der Waals surface area contributed by atoms with Crippen molar-refractivity contribution in [2.75, 3.05) is 25.3 Å². The number of rotatable bonds is 8. The van der Waals surface area contributed by atoms with Gasteiger partial charge in [0.25, 0.3) is 0 Å². The summed E-state index contributed by atoms with van der Waals surface area (Å²) in [5, 5.41) is 0. The van der Waals surface area contributed by atoms with Crippen LogP contribution in [0.3, 0.4) is 0 Å². The number of nitrogens with zero attached hydrogens (tertiary/aromatic N) is 1. The zero-order chi connectivity index (χ0) is 14.4. The average Bonchev–Trinajstić information content (AvgIpc) is 2.72. The van der Waals surface area contributed by atoms with Gasteiger partial charge in [-0.25, -0.2) is 0 Å². The molecule has 0 unspecified atom stereocenters. The van der Waals surface area contributed by atoms with Crippen molar-refractivity contribution >= 4 is 25.6 Å². The number of hydrogen-bond donors (Lipinski definition) is 0. The van der Waals surface area contributed by atoms with Crippen LogP contribution in [0.2, 0.25) is 0 Å². The van der Waals surface area contributed by atoms with Gasteiger partial charge in [-0.2, -0.15) is 0 Å². The molecule has 0 aromatic rings. The van der Waals surface area contributed by atoms with Gasteiger partial charge in [-0.3, -0.25) is 9.69 Å². The van der Waals surface area contributed by atoms with Gasteiger partial charge in [-0.05, 0) is 52.2 Å². The maximum absolute atomic E-state index is 11.6. The van der Waals surface area contributed by atoms with Gasteiger partial charge in [0.2, 0.25) is 0 Å². The Morgan fingerprint density at radius 3 is 3.06 bits per heavy atom. The molecule has 0 aromatic heterocycles. The molecule has 0 amide bonds. The van der Waals surface area contributed by atoms with Crippen molar-refractivity contribution in [1.82, 2.24) is 4.90 Å². The molecule has 0 bridgehead atoms. The summed E-state index contributed by atoms with van der Waals surface area (Å²) in [6.07, 6.45) is 0.748. The molecule has 1 saturated heterocycles. The Bertz CT molecular complexity index is 306. The van der Waals surface area contributed by atoms with E-state index in [1.807, 2.05) is 6.92 Å². The van der Waals surface area contributed by atoms with Crippen LogP contribution in [0.4, 0.5) is 0 Å². The van der Waals surface area contributed by atoms with Gasteiger partial charge in [-0.15, -0.1) is 6.54 Å². The maximum atomic E-state index is 11.6. The third kappa shape index (κ3) is 5.07. The second-order valence-electron chi connectivity index (χ2n) is 4.29. The van der Waals surface area contributed by atoms with Crippen molar-refractivity contribution in [2.24, 2.45) is 5.92 Å². The molecule has 1 heterocycles. The molecule has 7 heteroatoms. The summed E-state index contributed by atoms with van der Waals surface area (Å²) in [6, 6.07) is -0.0126. The van der Waals surface area contributed by atoms with Crippen molar-refractivity contribution < 1.29 is 53.0 Å². The molecule has 0 spiro atoms. The van der Waals surface area contributed by atoms with E-state index in [4.69, 9.17) is 12.6 Å². The first-order valence-corrected chi connectivity index (χ1v) is 6.92. The summed E-state index contributed by atoms with van der Waals surface area (Å²) >= 11 is 1.14. The van der Waals surface area contributed by atoms with E-state index >= 15 is 0 Å². The summed E-state index contributed by atoms with van der Waals surface area (Å²) < 4.78 is 19.6. The molecule has 18 heavy (non-hydrogen) atoms. The normalized spacial score (nSPS) is 29.4. The predicted octanol–water partition coefficient (Wildman–Crippen LogP) is 0.962. The molecule has 1 fully saturated rings. The van der Waals surface area contributed by atoms with Crippen molar-refractivity contribution in [3.05, 3.63) is 5.73 Å². The average molecular weight is 487 g/mol. The summed E-state index contributed by atoms with van der Waals surface area (Å²) in [5.41, 5.74) is 7.99. The van der Waals surface area contributed by atoms with E-state index in [0.717, 1.165) is 25.0 Å². The Hall–Kier alpha value is 1.41. The molecule has 0 aromatic carbocycles. The molecule has 4 nitrogen and oxygen atoms in total. The molecule has 1 radical (unpaired) electrons. The van der Waals surface area contributed by atoms with E-state index in [2.05, 4.69) is 4.90 Å². The molecule has 1 aliphatic rings. The zero-order valence-corrected chi connectivity index (χ0v) is 16.7. The number of hydrogen-bond acceptors (Lipinski definition) is 4. The fourth-order valence-electron chi connectivity index (χ4n) is 2.58. The minimum atomic E-state index is -0.877. The Morgan fingerprint density at radius 1 is 1.83 bits per heavy atom. The summed E-state index contributed by atoms with van der Waals surface area (Å²) in [4.78, 5) is 13.7. The van der Waals surface area contributed by atoms with Crippen LogP contribution >= 0.6 is 12.0 Å². The van der Waals surface area contributed by atoms with Crippen LogP contribution in [-0.4, -0.2) is 58.6 Å². The number of likely N-dealkylation sites (N-methyl/N-ethyl adjacent to an activating group) is 1. The number of carbonyl (C=O) groups excluding carboxylic acids is 1. The van der Waals surface area contributed by atoms with Gasteiger partial charge in [0.15, 0.2) is 0 Å². The number of nitrogens with one attached hydrogen (secondary N) is 1. The largest absolute Gasteiger partial charge is 0.676 e. The minimum absolute atomic E-state index is 0. The fraction of sp³-hybridized carbons (Fsp3) is 0.909. The third-order valence-electron chi connectivity index (χ3n) is 3.37. The summed E-state index contributed by atoms with van der Waals surface area (Å²) in [7, 11) is -0.877. The van der Waals surface area contributed by atoms with E-state index in [0.29, 0.717) is 12.3 Å². The van der Waals surface area contributed by atoms with Crippen LogP contribution in [-0.2, 0) is 8.98 Å². The van der Waals surface area contributed by atoms with E-state index in [1.165, 1.54) is 0 Å². The molecule has 1 aliphatic heterocycles. The quantitative estimate of drug-likeness (QED) is 0.291. The monoisotopic (exact) mass is 487 g/mol. The zero-order valence-electron chi connectivity index (χ0n) is 13.1. The summed E-state index contributed by atoms with van der Waals surface area (Å²) in [5.74, 6) is 0.349. The molecule has 1 N–H and O–H groups in total. The van der Waals surface area contributed by atoms with Crippen molar-refractivity contribution in [3.63, 3.8) is 0 Å². The molecule has 101 valence electrons. The van der Waals surface area contributed by atoms with Gasteiger partial charge in [-0.1, -0.05) is 6.92 Å². The topological polar surface area (TPSA) is 53.3 Å². The van der Waals surface area contributed by atoms with Gasteiger partial charge in [0.1, 0.15) is 13.6 Å². The predicted molar refractivity (Wildman–Crippen MR) is 74.9 cm³/mol. The Kier molecular flexibility index (Phi) is 8.93. The minimum Gasteiger partial charge on any atom is -0.676 e. The van der Waals surface area contributed by atoms with Gasteiger partial charge in [0.05, 0.1) is 12.6 Å². The van der Waals surface area contributed by atoms with Crippen LogP contribution < -0.4 is 0 Å². The van der Waals surface area contributed by atoms with Crippen molar-refractivity contribution in [1.29, 1.82) is 2.67 Å². The first kappa shape index (κ1) is 15.8. The van der Waals surface area contributed by atoms with Gasteiger partial charge < -0.3 is 9.92 Å². The van der Waals surface area contributed by atoms with E-state index < -0.39 is 7.77 Å². The van der Waals surface area contributed by atoms with E-state index in [-0.39, 0.29) is 74.4 Å². The second kappa shape index (κ2) is 10.2. The van der Waals surface area contributed by atoms with Crippen molar-refractivity contribution in [2.45, 2.75) is 32.4 Å². The first-order chi connectivity index (χ1) is 9.01. The van der Waals surface area contributed by atoms with Crippen LogP contribution in [0.5, 0.6) is 0 Å². The third-order valence-corrected chi connectivity index (χ3v) is 3.81. The number of ketones is 1. The van der Waals surface area contributed by atoms with Crippen LogP contribution in [0.1, 0.15) is 20.3 Å². The fourth-order valence-corrected chi connectivity index (χ4v) is 2.95. The molecule has 1 rings (SSSR count). The van der Waals surface area contributed by atoms with Crippen LogP contribution in [0, 0.1) is 50.0 Å². The number of likely N-dealkylation sites (tertiary alicyclic amines) is 1. The molecular weight excluding hydrogens is 462 g/mol. The molecule has 3 atom stereocenters. The number of Topliss-reactive ketones (excluding diaryl/α,β-unsaturated/α-hetero) is 1. The maximum Gasteiger partial charge on any atom is 0.146 e. The Labute approximate surface area is 154 Å². The Morgan fingerprint density at radius 2 is 2.56 bits per heavy atom. The molecule has 0 aliphatic carbocycles. The standard InChI is InChI=1S/C11H22BN2O2S.Ac/c1-3-14-10(8(2)15)4-9(11(14)5-13)6-16-17-7-12;/h9-11,13H,3-7,12H2,1-2H3;/q-1;/t9-,10+,11-;/m0./s1/i12TD;. The SMILES string of the molecule is [2H]B([3H])CSOC[C@@H]1C[C@H](C(C)=O)N(CC)[C@H]1C[NH-].[Ac]. The van der Waals surface area contributed by atoms with E-state index in [9.17, 15) is 4.79 Å². The molecule has 0 saturated carbocycles. The van der Waals surface area contributed by atoms with Crippen LogP contribution in [0.15, 0.2) is 0 Å². The van der Waals surface area contributed by atoms with Gasteiger partial charge >= 0.3 is 0 Å². The summed E-state index contributed by atoms with van der Waals surface area (Å²) in [6.45, 7) is 5.16. The van der Waals surface area contributed by atoms with Crippen LogP contribution in [0.25, 0.3) is 5.73 Å². The number of carbonyl (C=O) groups is 1. The van der Waals surface area contributed by atoms with E-state index in [1.54, 1.807) is 6.92 Å².